The van der Waals surface area contributed by atoms with Crippen molar-refractivity contribution in [1.82, 2.24) is 5.32 Å². The third-order valence-corrected chi connectivity index (χ3v) is 4.34. The molecule has 0 saturated heterocycles. The van der Waals surface area contributed by atoms with Gasteiger partial charge < -0.3 is 10.1 Å². The summed E-state index contributed by atoms with van der Waals surface area (Å²) < 4.78 is 5.24. The smallest absolute Gasteiger partial charge is 0.251 e. The molecule has 0 spiro atoms. The van der Waals surface area contributed by atoms with Crippen molar-refractivity contribution in [2.45, 2.75) is 24.9 Å². The molecule has 1 aliphatic carbocycles. The average Bonchev–Trinajstić information content (AvgIpc) is 2.60. The van der Waals surface area contributed by atoms with Crippen LogP contribution in [0.2, 0.25) is 0 Å². The highest BCUT2D eigenvalue weighted by Gasteiger charge is 2.29. The molecule has 2 aromatic rings. The molecule has 24 heavy (non-hydrogen) atoms. The first kappa shape index (κ1) is 16.4. The van der Waals surface area contributed by atoms with Crippen LogP contribution in [0.15, 0.2) is 53.5 Å². The molecular formula is C19H18N2O2S. The monoisotopic (exact) mass is 338 g/mol. The largest absolute Gasteiger partial charge is 0.497 e. The van der Waals surface area contributed by atoms with Gasteiger partial charge in [0.25, 0.3) is 5.91 Å². The molecule has 5 heteroatoms. The van der Waals surface area contributed by atoms with Crippen molar-refractivity contribution in [3.05, 3.63) is 54.1 Å². The van der Waals surface area contributed by atoms with E-state index in [-0.39, 0.29) is 18.0 Å². The van der Waals surface area contributed by atoms with Crippen LogP contribution >= 0.6 is 12.2 Å². The SMILES string of the molecule is COc1cccc(-c2ccc(C(=O)N[C@H]3C[C@@H](N=C=S)C3)cc2)c1. The number of thiocarbonyl (C=S) groups is 1. The summed E-state index contributed by atoms with van der Waals surface area (Å²) in [5.74, 6) is 0.759. The van der Waals surface area contributed by atoms with Gasteiger partial charge in [0.05, 0.1) is 18.3 Å². The van der Waals surface area contributed by atoms with Crippen LogP contribution in [0.5, 0.6) is 5.75 Å². The van der Waals surface area contributed by atoms with Gasteiger partial charge in [-0.1, -0.05) is 24.3 Å². The highest BCUT2D eigenvalue weighted by atomic mass is 32.1. The lowest BCUT2D eigenvalue weighted by atomic mass is 9.87. The summed E-state index contributed by atoms with van der Waals surface area (Å²) in [6.45, 7) is 0. The van der Waals surface area contributed by atoms with E-state index in [1.165, 1.54) is 0 Å². The molecule has 0 radical (unpaired) electrons. The molecule has 0 atom stereocenters. The van der Waals surface area contributed by atoms with Gasteiger partial charge in [0.1, 0.15) is 5.75 Å². The third kappa shape index (κ3) is 3.70. The van der Waals surface area contributed by atoms with Crippen LogP contribution in [0.3, 0.4) is 0 Å². The summed E-state index contributed by atoms with van der Waals surface area (Å²) in [7, 11) is 1.65. The zero-order chi connectivity index (χ0) is 16.9. The fourth-order valence-electron chi connectivity index (χ4n) is 2.77. The first-order valence-electron chi connectivity index (χ1n) is 7.82. The minimum Gasteiger partial charge on any atom is -0.497 e. The molecule has 0 aliphatic heterocycles. The second kappa shape index (κ2) is 7.39. The summed E-state index contributed by atoms with van der Waals surface area (Å²) in [5, 5.41) is 5.41. The zero-order valence-corrected chi connectivity index (χ0v) is 14.2. The minimum absolute atomic E-state index is 0.0537. The molecule has 1 aliphatic rings. The van der Waals surface area contributed by atoms with Gasteiger partial charge in [-0.2, -0.15) is 0 Å². The first-order valence-corrected chi connectivity index (χ1v) is 8.23. The fraction of sp³-hybridized carbons (Fsp3) is 0.263. The lowest BCUT2D eigenvalue weighted by Crippen LogP contribution is -2.46. The van der Waals surface area contributed by atoms with Crippen molar-refractivity contribution >= 4 is 23.3 Å². The molecule has 4 nitrogen and oxygen atoms in total. The Labute approximate surface area is 146 Å². The summed E-state index contributed by atoms with van der Waals surface area (Å²) in [6, 6.07) is 15.8. The maximum atomic E-state index is 12.3. The Morgan fingerprint density at radius 2 is 1.96 bits per heavy atom. The predicted octanol–water partition coefficient (Wildman–Crippen LogP) is 3.73. The number of hydrogen-bond acceptors (Lipinski definition) is 4. The molecule has 1 N–H and O–H groups in total. The lowest BCUT2D eigenvalue weighted by molar-refractivity contribution is 0.0910. The van der Waals surface area contributed by atoms with Crippen molar-refractivity contribution in [3.8, 4) is 16.9 Å². The summed E-state index contributed by atoms with van der Waals surface area (Å²) in [5.41, 5.74) is 2.76. The number of methoxy groups -OCH3 is 1. The van der Waals surface area contributed by atoms with Gasteiger partial charge in [-0.15, -0.1) is 0 Å². The summed E-state index contributed by atoms with van der Waals surface area (Å²) in [4.78, 5) is 16.3. The Hall–Kier alpha value is -2.49. The van der Waals surface area contributed by atoms with Gasteiger partial charge in [-0.3, -0.25) is 4.79 Å². The quantitative estimate of drug-likeness (QED) is 0.668. The number of aliphatic imine (C=N–C) groups is 1. The van der Waals surface area contributed by atoms with E-state index in [1.54, 1.807) is 7.11 Å². The van der Waals surface area contributed by atoms with Crippen molar-refractivity contribution in [2.24, 2.45) is 4.99 Å². The number of ether oxygens (including phenoxy) is 1. The van der Waals surface area contributed by atoms with Crippen molar-refractivity contribution in [3.63, 3.8) is 0 Å². The molecule has 0 unspecified atom stereocenters. The number of nitrogens with zero attached hydrogens (tertiary/aromatic N) is 1. The number of carbonyl (C=O) groups excluding carboxylic acids is 1. The van der Waals surface area contributed by atoms with E-state index in [4.69, 9.17) is 4.74 Å². The van der Waals surface area contributed by atoms with E-state index >= 15 is 0 Å². The standard InChI is InChI=1S/C19H18N2O2S/c1-23-18-4-2-3-15(9-18)13-5-7-14(8-6-13)19(22)21-17-10-16(11-17)20-12-24/h2-9,16-17H,10-11H2,1H3,(H,21,22)/t16-,17+. The third-order valence-electron chi connectivity index (χ3n) is 4.23. The molecule has 1 fully saturated rings. The predicted molar refractivity (Wildman–Crippen MR) is 97.7 cm³/mol. The van der Waals surface area contributed by atoms with Crippen LogP contribution in [0.25, 0.3) is 11.1 Å². The van der Waals surface area contributed by atoms with Crippen molar-refractivity contribution in [2.75, 3.05) is 7.11 Å². The molecule has 2 aromatic carbocycles. The molecule has 0 aromatic heterocycles. The number of amides is 1. The van der Waals surface area contributed by atoms with Crippen molar-refractivity contribution < 1.29 is 9.53 Å². The molecule has 122 valence electrons. The van der Waals surface area contributed by atoms with Crippen LogP contribution < -0.4 is 10.1 Å². The number of benzene rings is 2. The Morgan fingerprint density at radius 3 is 2.62 bits per heavy atom. The van der Waals surface area contributed by atoms with E-state index in [0.717, 1.165) is 29.7 Å². The second-order valence-electron chi connectivity index (χ2n) is 5.83. The molecule has 1 saturated carbocycles. The highest BCUT2D eigenvalue weighted by Crippen LogP contribution is 2.25. The number of isothiocyanates is 1. The molecule has 1 amide bonds. The molecule has 0 bridgehead atoms. The zero-order valence-electron chi connectivity index (χ0n) is 13.4. The summed E-state index contributed by atoms with van der Waals surface area (Å²) >= 11 is 4.59. The van der Waals surface area contributed by atoms with E-state index in [1.807, 2.05) is 48.5 Å². The molecule has 0 heterocycles. The fourth-order valence-corrected chi connectivity index (χ4v) is 2.92. The minimum atomic E-state index is -0.0537. The van der Waals surface area contributed by atoms with Crippen LogP contribution in [-0.4, -0.2) is 30.3 Å². The topological polar surface area (TPSA) is 50.7 Å². The van der Waals surface area contributed by atoms with Gasteiger partial charge in [0.15, 0.2) is 0 Å². The number of hydrogen-bond donors (Lipinski definition) is 1. The Morgan fingerprint density at radius 1 is 1.21 bits per heavy atom. The van der Waals surface area contributed by atoms with Crippen LogP contribution in [-0.2, 0) is 0 Å². The second-order valence-corrected chi connectivity index (χ2v) is 6.01. The van der Waals surface area contributed by atoms with Gasteiger partial charge >= 0.3 is 0 Å². The van der Waals surface area contributed by atoms with Gasteiger partial charge in [-0.25, -0.2) is 4.99 Å². The molecular weight excluding hydrogens is 320 g/mol. The Kier molecular flexibility index (Phi) is 5.04. The van der Waals surface area contributed by atoms with Crippen LogP contribution in [0.1, 0.15) is 23.2 Å². The maximum Gasteiger partial charge on any atom is 0.251 e. The highest BCUT2D eigenvalue weighted by molar-refractivity contribution is 7.78. The maximum absolute atomic E-state index is 12.3. The lowest BCUT2D eigenvalue weighted by Gasteiger charge is -2.32. The normalized spacial score (nSPS) is 18.9. The van der Waals surface area contributed by atoms with E-state index < -0.39 is 0 Å². The summed E-state index contributed by atoms with van der Waals surface area (Å²) in [6.07, 6.45) is 1.66. The van der Waals surface area contributed by atoms with E-state index in [9.17, 15) is 4.79 Å². The Bertz CT molecular complexity index is 776. The van der Waals surface area contributed by atoms with Gasteiger partial charge in [0, 0.05) is 11.6 Å². The number of nitrogens with one attached hydrogen (secondary N) is 1. The first-order chi connectivity index (χ1) is 11.7. The van der Waals surface area contributed by atoms with E-state index in [0.29, 0.717) is 5.56 Å². The van der Waals surface area contributed by atoms with E-state index in [2.05, 4.69) is 27.7 Å². The van der Waals surface area contributed by atoms with Crippen molar-refractivity contribution in [1.29, 1.82) is 0 Å². The van der Waals surface area contributed by atoms with Gasteiger partial charge in [0.2, 0.25) is 0 Å². The molecule has 3 rings (SSSR count). The average molecular weight is 338 g/mol. The Balaban J connectivity index is 1.64. The number of carbonyl (C=O) groups is 1. The van der Waals surface area contributed by atoms with Gasteiger partial charge in [-0.05, 0) is 60.5 Å². The number of rotatable bonds is 5. The van der Waals surface area contributed by atoms with Crippen LogP contribution in [0.4, 0.5) is 0 Å². The van der Waals surface area contributed by atoms with Crippen LogP contribution in [0, 0.1) is 0 Å².